The molecular formula is C16H32O3. The maximum Gasteiger partial charge on any atom is 0.308 e. The molecule has 0 aromatic rings. The van der Waals surface area contributed by atoms with Gasteiger partial charge >= 0.3 is 5.97 Å². The van der Waals surface area contributed by atoms with Gasteiger partial charge in [0.05, 0.1) is 12.5 Å². The molecule has 1 atom stereocenters. The Labute approximate surface area is 119 Å². The van der Waals surface area contributed by atoms with Crippen LogP contribution in [0.1, 0.15) is 72.1 Å². The molecule has 3 heteroatoms. The molecule has 0 spiro atoms. The molecule has 0 aromatic heterocycles. The summed E-state index contributed by atoms with van der Waals surface area (Å²) in [6.45, 7) is 8.10. The number of ether oxygens (including phenoxy) is 2. The van der Waals surface area contributed by atoms with Crippen LogP contribution < -0.4 is 0 Å². The van der Waals surface area contributed by atoms with E-state index in [0.29, 0.717) is 13.2 Å². The third-order valence-electron chi connectivity index (χ3n) is 3.35. The molecule has 0 fully saturated rings. The lowest BCUT2D eigenvalue weighted by atomic mass is 10.00. The lowest BCUT2D eigenvalue weighted by Crippen LogP contribution is -2.19. The average molecular weight is 272 g/mol. The highest BCUT2D eigenvalue weighted by atomic mass is 16.6. The van der Waals surface area contributed by atoms with Crippen LogP contribution >= 0.6 is 0 Å². The van der Waals surface area contributed by atoms with Crippen molar-refractivity contribution in [3.05, 3.63) is 0 Å². The molecule has 19 heavy (non-hydrogen) atoms. The molecule has 0 bridgehead atoms. The fraction of sp³-hybridized carbons (Fsp3) is 0.938. The average Bonchev–Trinajstić information content (AvgIpc) is 2.42. The minimum atomic E-state index is -0.0504. The summed E-state index contributed by atoms with van der Waals surface area (Å²) in [5, 5.41) is 0. The summed E-state index contributed by atoms with van der Waals surface area (Å²) in [7, 11) is 0. The lowest BCUT2D eigenvalue weighted by molar-refractivity contribution is -0.150. The molecule has 0 heterocycles. The standard InChI is InChI=1S/C16H32O3/c1-4-7-9-10-12-18-13-14-19-16(17)15(6-3)11-8-5-2/h15H,4-14H2,1-3H3. The minimum Gasteiger partial charge on any atom is -0.463 e. The van der Waals surface area contributed by atoms with Gasteiger partial charge in [0.25, 0.3) is 0 Å². The van der Waals surface area contributed by atoms with Gasteiger partial charge in [0.1, 0.15) is 6.61 Å². The summed E-state index contributed by atoms with van der Waals surface area (Å²) in [4.78, 5) is 11.8. The van der Waals surface area contributed by atoms with Crippen LogP contribution in [-0.2, 0) is 14.3 Å². The number of hydrogen-bond donors (Lipinski definition) is 0. The predicted octanol–water partition coefficient (Wildman–Crippen LogP) is 4.34. The van der Waals surface area contributed by atoms with E-state index in [2.05, 4.69) is 13.8 Å². The Bertz CT molecular complexity index is 204. The molecule has 1 unspecified atom stereocenters. The van der Waals surface area contributed by atoms with E-state index in [1.165, 1.54) is 19.3 Å². The fourth-order valence-electron chi connectivity index (χ4n) is 1.99. The van der Waals surface area contributed by atoms with Crippen molar-refractivity contribution in [3.8, 4) is 0 Å². The Hall–Kier alpha value is -0.570. The number of carbonyl (C=O) groups is 1. The van der Waals surface area contributed by atoms with Crippen molar-refractivity contribution in [2.24, 2.45) is 5.92 Å². The van der Waals surface area contributed by atoms with Crippen LogP contribution in [0.15, 0.2) is 0 Å². The van der Waals surface area contributed by atoms with E-state index in [1.54, 1.807) is 0 Å². The Morgan fingerprint density at radius 2 is 1.63 bits per heavy atom. The van der Waals surface area contributed by atoms with Gasteiger partial charge in [-0.15, -0.1) is 0 Å². The van der Waals surface area contributed by atoms with Crippen LogP contribution in [0, 0.1) is 5.92 Å². The maximum absolute atomic E-state index is 11.8. The van der Waals surface area contributed by atoms with E-state index in [4.69, 9.17) is 9.47 Å². The van der Waals surface area contributed by atoms with Gasteiger partial charge < -0.3 is 9.47 Å². The molecule has 3 nitrogen and oxygen atoms in total. The van der Waals surface area contributed by atoms with Crippen molar-refractivity contribution >= 4 is 5.97 Å². The molecule has 0 radical (unpaired) electrons. The van der Waals surface area contributed by atoms with Crippen LogP contribution in [0.5, 0.6) is 0 Å². The monoisotopic (exact) mass is 272 g/mol. The topological polar surface area (TPSA) is 35.5 Å². The van der Waals surface area contributed by atoms with Gasteiger partial charge in [-0.25, -0.2) is 0 Å². The molecule has 0 aromatic carbocycles. The number of unbranched alkanes of at least 4 members (excludes halogenated alkanes) is 4. The smallest absolute Gasteiger partial charge is 0.308 e. The van der Waals surface area contributed by atoms with Crippen molar-refractivity contribution in [2.75, 3.05) is 19.8 Å². The zero-order chi connectivity index (χ0) is 14.3. The van der Waals surface area contributed by atoms with Gasteiger partial charge in [0, 0.05) is 6.61 Å². The molecule has 0 aliphatic rings. The highest BCUT2D eigenvalue weighted by molar-refractivity contribution is 5.72. The SMILES string of the molecule is CCCCCCOCCOC(=O)C(CC)CCCC. The summed E-state index contributed by atoms with van der Waals surface area (Å²) in [6, 6.07) is 0. The Morgan fingerprint density at radius 1 is 0.895 bits per heavy atom. The second kappa shape index (κ2) is 13.9. The normalized spacial score (nSPS) is 12.4. The van der Waals surface area contributed by atoms with Gasteiger partial charge in [-0.2, -0.15) is 0 Å². The first kappa shape index (κ1) is 18.4. The molecular weight excluding hydrogens is 240 g/mol. The van der Waals surface area contributed by atoms with E-state index in [1.807, 2.05) is 6.92 Å². The molecule has 0 saturated carbocycles. The van der Waals surface area contributed by atoms with Crippen LogP contribution in [0.25, 0.3) is 0 Å². The first-order valence-corrected chi connectivity index (χ1v) is 8.00. The zero-order valence-corrected chi connectivity index (χ0v) is 13.1. The third-order valence-corrected chi connectivity index (χ3v) is 3.35. The molecule has 114 valence electrons. The molecule has 0 saturated heterocycles. The van der Waals surface area contributed by atoms with E-state index in [9.17, 15) is 4.79 Å². The summed E-state index contributed by atoms with van der Waals surface area (Å²) in [5.74, 6) is 0.0232. The Balaban J connectivity index is 3.45. The van der Waals surface area contributed by atoms with E-state index in [0.717, 1.165) is 38.7 Å². The summed E-state index contributed by atoms with van der Waals surface area (Å²) < 4.78 is 10.7. The highest BCUT2D eigenvalue weighted by Gasteiger charge is 2.16. The number of hydrogen-bond acceptors (Lipinski definition) is 3. The Kier molecular flexibility index (Phi) is 13.4. The third kappa shape index (κ3) is 11.0. The van der Waals surface area contributed by atoms with Crippen molar-refractivity contribution in [2.45, 2.75) is 72.1 Å². The van der Waals surface area contributed by atoms with Gasteiger partial charge in [0.15, 0.2) is 0 Å². The number of rotatable bonds is 13. The summed E-state index contributed by atoms with van der Waals surface area (Å²) >= 11 is 0. The van der Waals surface area contributed by atoms with Gasteiger partial charge in [-0.05, 0) is 19.3 Å². The predicted molar refractivity (Wildman–Crippen MR) is 79.2 cm³/mol. The first-order valence-electron chi connectivity index (χ1n) is 8.00. The van der Waals surface area contributed by atoms with Crippen molar-refractivity contribution in [3.63, 3.8) is 0 Å². The van der Waals surface area contributed by atoms with Gasteiger partial charge in [-0.3, -0.25) is 4.79 Å². The molecule has 0 rings (SSSR count). The van der Waals surface area contributed by atoms with Crippen molar-refractivity contribution in [1.82, 2.24) is 0 Å². The molecule has 0 N–H and O–H groups in total. The fourth-order valence-corrected chi connectivity index (χ4v) is 1.99. The second-order valence-corrected chi connectivity index (χ2v) is 5.09. The van der Waals surface area contributed by atoms with Crippen molar-refractivity contribution < 1.29 is 14.3 Å². The van der Waals surface area contributed by atoms with E-state index in [-0.39, 0.29) is 11.9 Å². The Morgan fingerprint density at radius 3 is 2.26 bits per heavy atom. The van der Waals surface area contributed by atoms with Crippen LogP contribution in [0.2, 0.25) is 0 Å². The minimum absolute atomic E-state index is 0.0504. The first-order chi connectivity index (χ1) is 9.26. The van der Waals surface area contributed by atoms with E-state index < -0.39 is 0 Å². The van der Waals surface area contributed by atoms with Crippen LogP contribution in [0.4, 0.5) is 0 Å². The molecule has 0 aliphatic heterocycles. The lowest BCUT2D eigenvalue weighted by Gasteiger charge is -2.13. The highest BCUT2D eigenvalue weighted by Crippen LogP contribution is 2.14. The van der Waals surface area contributed by atoms with Crippen LogP contribution in [0.3, 0.4) is 0 Å². The van der Waals surface area contributed by atoms with E-state index >= 15 is 0 Å². The molecule has 0 amide bonds. The number of carbonyl (C=O) groups excluding carboxylic acids is 1. The zero-order valence-electron chi connectivity index (χ0n) is 13.1. The van der Waals surface area contributed by atoms with Crippen molar-refractivity contribution in [1.29, 1.82) is 0 Å². The van der Waals surface area contributed by atoms with Gasteiger partial charge in [-0.1, -0.05) is 52.9 Å². The largest absolute Gasteiger partial charge is 0.463 e. The maximum atomic E-state index is 11.8. The van der Waals surface area contributed by atoms with Crippen LogP contribution in [-0.4, -0.2) is 25.8 Å². The van der Waals surface area contributed by atoms with Gasteiger partial charge in [0.2, 0.25) is 0 Å². The second-order valence-electron chi connectivity index (χ2n) is 5.09. The number of esters is 1. The molecule has 0 aliphatic carbocycles. The summed E-state index contributed by atoms with van der Waals surface area (Å²) in [5.41, 5.74) is 0. The quantitative estimate of drug-likeness (QED) is 0.369. The summed E-state index contributed by atoms with van der Waals surface area (Å²) in [6.07, 6.45) is 8.90.